The topological polar surface area (TPSA) is 97.7 Å². The van der Waals surface area contributed by atoms with Crippen molar-refractivity contribution >= 4 is 41.0 Å². The molecule has 29 heavy (non-hydrogen) atoms. The number of hydrazone groups is 1. The average Bonchev–Trinajstić information content (AvgIpc) is 3.12. The number of furan rings is 1. The van der Waals surface area contributed by atoms with Gasteiger partial charge in [-0.2, -0.15) is 5.10 Å². The first kappa shape index (κ1) is 20.5. The molecule has 0 aliphatic heterocycles. The van der Waals surface area contributed by atoms with E-state index in [4.69, 9.17) is 27.6 Å². The Hall–Kier alpha value is -3.23. The van der Waals surface area contributed by atoms with Crippen LogP contribution in [0.4, 0.5) is 10.1 Å². The molecule has 0 radical (unpaired) electrons. The quantitative estimate of drug-likeness (QED) is 0.334. The maximum atomic E-state index is 12.9. The number of rotatable bonds is 6. The third kappa shape index (κ3) is 5.18. The van der Waals surface area contributed by atoms with Crippen LogP contribution in [0.25, 0.3) is 11.3 Å². The first-order valence-corrected chi connectivity index (χ1v) is 8.89. The summed E-state index contributed by atoms with van der Waals surface area (Å²) in [5.74, 6) is -0.215. The molecule has 0 aliphatic carbocycles. The van der Waals surface area contributed by atoms with Gasteiger partial charge in [-0.1, -0.05) is 35.3 Å². The molecule has 1 aromatic heterocycles. The van der Waals surface area contributed by atoms with Crippen LogP contribution in [0.2, 0.25) is 10.0 Å². The van der Waals surface area contributed by atoms with Crippen molar-refractivity contribution in [1.82, 2.24) is 5.43 Å². The van der Waals surface area contributed by atoms with Crippen LogP contribution in [0.3, 0.4) is 0 Å². The van der Waals surface area contributed by atoms with Crippen molar-refractivity contribution in [3.8, 4) is 11.3 Å². The van der Waals surface area contributed by atoms with E-state index >= 15 is 0 Å². The zero-order chi connectivity index (χ0) is 21.0. The fourth-order valence-electron chi connectivity index (χ4n) is 2.43. The number of carbonyl (C=O) groups excluding carboxylic acids is 1. The molecule has 0 saturated carbocycles. The summed E-state index contributed by atoms with van der Waals surface area (Å²) < 4.78 is 18.4. The minimum Gasteiger partial charge on any atom is -0.455 e. The van der Waals surface area contributed by atoms with Crippen LogP contribution in [0.5, 0.6) is 0 Å². The Morgan fingerprint density at radius 2 is 1.90 bits per heavy atom. The summed E-state index contributed by atoms with van der Waals surface area (Å²) in [6.07, 6.45) is 1.30. The summed E-state index contributed by atoms with van der Waals surface area (Å²) in [5.41, 5.74) is 2.96. The predicted octanol–water partition coefficient (Wildman–Crippen LogP) is 4.99. The highest BCUT2D eigenvalue weighted by atomic mass is 35.5. The Morgan fingerprint density at radius 3 is 2.59 bits per heavy atom. The number of nitro groups is 1. The van der Waals surface area contributed by atoms with Crippen molar-refractivity contribution in [2.24, 2.45) is 5.10 Å². The number of amides is 1. The van der Waals surface area contributed by atoms with Crippen LogP contribution >= 0.6 is 23.2 Å². The Balaban J connectivity index is 1.67. The molecule has 1 heterocycles. The van der Waals surface area contributed by atoms with Crippen LogP contribution in [0, 0.1) is 15.9 Å². The van der Waals surface area contributed by atoms with E-state index in [1.165, 1.54) is 42.6 Å². The van der Waals surface area contributed by atoms with E-state index < -0.39 is 10.8 Å². The number of carbonyl (C=O) groups is 1. The maximum absolute atomic E-state index is 12.9. The van der Waals surface area contributed by atoms with Gasteiger partial charge < -0.3 is 4.42 Å². The van der Waals surface area contributed by atoms with Crippen molar-refractivity contribution < 1.29 is 18.5 Å². The SMILES string of the molecule is O=C(Cc1ccc(F)cc1)N/N=C/c1ccc(-c2cc([N+](=O)[O-])c(Cl)cc2Cl)o1. The molecule has 0 unspecified atom stereocenters. The molecule has 0 atom stereocenters. The number of nitrogens with zero attached hydrogens (tertiary/aromatic N) is 2. The summed E-state index contributed by atoms with van der Waals surface area (Å²) in [5, 5.41) is 14.9. The standard InChI is InChI=1S/C19H12Cl2FN3O4/c20-15-9-16(21)17(25(27)28)8-14(15)18-6-5-13(29-18)10-23-24-19(26)7-11-1-3-12(22)4-2-11/h1-6,8-10H,7H2,(H,24,26)/b23-10+. The van der Waals surface area contributed by atoms with Gasteiger partial charge in [-0.15, -0.1) is 0 Å². The van der Waals surface area contributed by atoms with E-state index in [1.807, 2.05) is 0 Å². The van der Waals surface area contributed by atoms with E-state index in [1.54, 1.807) is 12.1 Å². The fourth-order valence-corrected chi connectivity index (χ4v) is 2.97. The number of hydrogen-bond acceptors (Lipinski definition) is 5. The van der Waals surface area contributed by atoms with Crippen molar-refractivity contribution in [2.75, 3.05) is 0 Å². The molecule has 3 aromatic rings. The van der Waals surface area contributed by atoms with Crippen LogP contribution in [-0.4, -0.2) is 17.0 Å². The van der Waals surface area contributed by atoms with Gasteiger partial charge in [0, 0.05) is 11.6 Å². The van der Waals surface area contributed by atoms with Gasteiger partial charge in [-0.05, 0) is 35.9 Å². The van der Waals surface area contributed by atoms with Gasteiger partial charge in [-0.3, -0.25) is 14.9 Å². The third-order valence-corrected chi connectivity index (χ3v) is 4.40. The lowest BCUT2D eigenvalue weighted by atomic mass is 10.1. The molecule has 1 N–H and O–H groups in total. The van der Waals surface area contributed by atoms with E-state index in [9.17, 15) is 19.3 Å². The van der Waals surface area contributed by atoms with Crippen LogP contribution in [-0.2, 0) is 11.2 Å². The predicted molar refractivity (Wildman–Crippen MR) is 107 cm³/mol. The molecule has 0 spiro atoms. The van der Waals surface area contributed by atoms with Crippen LogP contribution in [0.1, 0.15) is 11.3 Å². The minimum atomic E-state index is -0.621. The van der Waals surface area contributed by atoms with E-state index in [0.29, 0.717) is 11.1 Å². The molecule has 3 rings (SSSR count). The van der Waals surface area contributed by atoms with Gasteiger partial charge in [0.25, 0.3) is 5.69 Å². The van der Waals surface area contributed by atoms with Gasteiger partial charge in [0.05, 0.1) is 22.6 Å². The average molecular weight is 436 g/mol. The van der Waals surface area contributed by atoms with E-state index in [-0.39, 0.29) is 39.5 Å². The Labute approximate surface area is 173 Å². The fraction of sp³-hybridized carbons (Fsp3) is 0.0526. The lowest BCUT2D eigenvalue weighted by Crippen LogP contribution is -2.19. The minimum absolute atomic E-state index is 0.0328. The highest BCUT2D eigenvalue weighted by Gasteiger charge is 2.18. The summed E-state index contributed by atoms with van der Waals surface area (Å²) in [6.45, 7) is 0. The summed E-state index contributed by atoms with van der Waals surface area (Å²) >= 11 is 11.9. The number of benzene rings is 2. The van der Waals surface area contributed by atoms with Gasteiger partial charge in [-0.25, -0.2) is 9.82 Å². The van der Waals surface area contributed by atoms with Crippen molar-refractivity contribution in [3.05, 3.63) is 85.8 Å². The molecule has 148 valence electrons. The second kappa shape index (κ2) is 8.85. The largest absolute Gasteiger partial charge is 0.455 e. The van der Waals surface area contributed by atoms with Crippen molar-refractivity contribution in [1.29, 1.82) is 0 Å². The second-order valence-electron chi connectivity index (χ2n) is 5.84. The molecular weight excluding hydrogens is 424 g/mol. The normalized spacial score (nSPS) is 11.0. The molecule has 1 amide bonds. The molecular formula is C19H12Cl2FN3O4. The zero-order valence-electron chi connectivity index (χ0n) is 14.6. The highest BCUT2D eigenvalue weighted by molar-refractivity contribution is 6.37. The van der Waals surface area contributed by atoms with Crippen molar-refractivity contribution in [3.63, 3.8) is 0 Å². The number of nitro benzene ring substituents is 1. The number of nitrogens with one attached hydrogen (secondary N) is 1. The Kier molecular flexibility index (Phi) is 6.26. The summed E-state index contributed by atoms with van der Waals surface area (Å²) in [6, 6.07) is 11.1. The second-order valence-corrected chi connectivity index (χ2v) is 6.65. The molecule has 0 fully saturated rings. The van der Waals surface area contributed by atoms with Crippen LogP contribution in [0.15, 0.2) is 58.0 Å². The number of hydrogen-bond donors (Lipinski definition) is 1. The summed E-state index contributed by atoms with van der Waals surface area (Å²) in [4.78, 5) is 22.3. The highest BCUT2D eigenvalue weighted by Crippen LogP contribution is 2.37. The molecule has 2 aromatic carbocycles. The molecule has 0 aliphatic rings. The van der Waals surface area contributed by atoms with Crippen LogP contribution < -0.4 is 5.43 Å². The molecule has 7 nitrogen and oxygen atoms in total. The first-order chi connectivity index (χ1) is 13.8. The van der Waals surface area contributed by atoms with Gasteiger partial charge in [0.2, 0.25) is 5.91 Å². The molecule has 10 heteroatoms. The molecule has 0 bridgehead atoms. The van der Waals surface area contributed by atoms with E-state index in [0.717, 1.165) is 0 Å². The zero-order valence-corrected chi connectivity index (χ0v) is 16.1. The van der Waals surface area contributed by atoms with E-state index in [2.05, 4.69) is 10.5 Å². The molecule has 0 saturated heterocycles. The lowest BCUT2D eigenvalue weighted by molar-refractivity contribution is -0.384. The Bertz CT molecular complexity index is 1100. The lowest BCUT2D eigenvalue weighted by Gasteiger charge is -2.02. The summed E-state index contributed by atoms with van der Waals surface area (Å²) in [7, 11) is 0. The third-order valence-electron chi connectivity index (χ3n) is 3.78. The van der Waals surface area contributed by atoms with Gasteiger partial charge in [0.1, 0.15) is 22.4 Å². The maximum Gasteiger partial charge on any atom is 0.288 e. The monoisotopic (exact) mass is 435 g/mol. The van der Waals surface area contributed by atoms with Crippen molar-refractivity contribution in [2.45, 2.75) is 6.42 Å². The van der Waals surface area contributed by atoms with Gasteiger partial charge >= 0.3 is 0 Å². The smallest absolute Gasteiger partial charge is 0.288 e. The first-order valence-electron chi connectivity index (χ1n) is 8.13. The van der Waals surface area contributed by atoms with Gasteiger partial charge in [0.15, 0.2) is 0 Å². The number of halogens is 3. The Morgan fingerprint density at radius 1 is 1.17 bits per heavy atom.